The lowest BCUT2D eigenvalue weighted by Gasteiger charge is -2.08. The molecule has 1 aliphatic heterocycles. The van der Waals surface area contributed by atoms with Gasteiger partial charge in [0.05, 0.1) is 0 Å². The quantitative estimate of drug-likeness (QED) is 0.825. The van der Waals surface area contributed by atoms with Gasteiger partial charge in [0.1, 0.15) is 5.76 Å². The Balaban J connectivity index is 0.00000128. The molecule has 1 aromatic rings. The van der Waals surface area contributed by atoms with Crippen LogP contribution >= 0.6 is 12.4 Å². The first kappa shape index (κ1) is 13.0. The highest BCUT2D eigenvalue weighted by atomic mass is 35.5. The van der Waals surface area contributed by atoms with Crippen molar-refractivity contribution in [3.8, 4) is 0 Å². The first-order chi connectivity index (χ1) is 7.25. The minimum Gasteiger partial charge on any atom is -0.361 e. The second-order valence-electron chi connectivity index (χ2n) is 3.89. The third kappa shape index (κ3) is 3.21. The minimum atomic E-state index is -0.154. The highest BCUT2D eigenvalue weighted by Crippen LogP contribution is 2.06. The van der Waals surface area contributed by atoms with Gasteiger partial charge in [0.25, 0.3) is 5.91 Å². The van der Waals surface area contributed by atoms with Crippen LogP contribution in [0.25, 0.3) is 0 Å². The van der Waals surface area contributed by atoms with Gasteiger partial charge in [-0.25, -0.2) is 0 Å². The third-order valence-electron chi connectivity index (χ3n) is 2.57. The molecule has 0 radical (unpaired) electrons. The van der Waals surface area contributed by atoms with Gasteiger partial charge in [-0.05, 0) is 32.4 Å². The smallest absolute Gasteiger partial charge is 0.273 e. The van der Waals surface area contributed by atoms with Crippen LogP contribution in [-0.4, -0.2) is 30.7 Å². The lowest BCUT2D eigenvalue weighted by Crippen LogP contribution is -2.30. The molecule has 1 atom stereocenters. The molecule has 1 unspecified atom stereocenters. The second kappa shape index (κ2) is 5.86. The predicted octanol–water partition coefficient (Wildman–Crippen LogP) is 0.744. The molecule has 0 aromatic carbocycles. The molecule has 2 N–H and O–H groups in total. The zero-order valence-electron chi connectivity index (χ0n) is 9.16. The molecular formula is C10H16ClN3O2. The number of hydrogen-bond donors (Lipinski definition) is 2. The zero-order valence-corrected chi connectivity index (χ0v) is 9.97. The Hall–Kier alpha value is -1.07. The van der Waals surface area contributed by atoms with Crippen molar-refractivity contribution in [1.82, 2.24) is 15.8 Å². The van der Waals surface area contributed by atoms with Gasteiger partial charge in [-0.2, -0.15) is 0 Å². The average molecular weight is 246 g/mol. The van der Waals surface area contributed by atoms with E-state index in [9.17, 15) is 4.79 Å². The summed E-state index contributed by atoms with van der Waals surface area (Å²) in [6.07, 6.45) is 1.12. The highest BCUT2D eigenvalue weighted by Gasteiger charge is 2.16. The van der Waals surface area contributed by atoms with E-state index in [1.54, 1.807) is 13.0 Å². The standard InChI is InChI=1S/C10H15N3O2.ClH/c1-7-4-9(13-15-7)10(14)12-6-8-2-3-11-5-8;/h4,8,11H,2-3,5-6H2,1H3,(H,12,14);1H. The summed E-state index contributed by atoms with van der Waals surface area (Å²) in [5.41, 5.74) is 0.360. The van der Waals surface area contributed by atoms with Crippen molar-refractivity contribution in [1.29, 1.82) is 0 Å². The molecule has 0 bridgehead atoms. The molecule has 1 aliphatic rings. The van der Waals surface area contributed by atoms with E-state index < -0.39 is 0 Å². The summed E-state index contributed by atoms with van der Waals surface area (Å²) in [6, 6.07) is 1.64. The number of hydrogen-bond acceptors (Lipinski definition) is 4. The minimum absolute atomic E-state index is 0. The van der Waals surface area contributed by atoms with Crippen LogP contribution < -0.4 is 10.6 Å². The summed E-state index contributed by atoms with van der Waals surface area (Å²) in [4.78, 5) is 11.6. The van der Waals surface area contributed by atoms with Crippen LogP contribution in [0, 0.1) is 12.8 Å². The molecule has 90 valence electrons. The molecule has 1 saturated heterocycles. The average Bonchev–Trinajstić information content (AvgIpc) is 2.84. The Morgan fingerprint density at radius 2 is 2.56 bits per heavy atom. The number of amides is 1. The number of carbonyl (C=O) groups excluding carboxylic acids is 1. The maximum atomic E-state index is 11.6. The van der Waals surface area contributed by atoms with Crippen molar-refractivity contribution in [3.63, 3.8) is 0 Å². The van der Waals surface area contributed by atoms with Crippen LogP contribution in [0.1, 0.15) is 22.7 Å². The molecule has 5 nitrogen and oxygen atoms in total. The Morgan fingerprint density at radius 1 is 1.75 bits per heavy atom. The molecule has 16 heavy (non-hydrogen) atoms. The number of aromatic nitrogens is 1. The van der Waals surface area contributed by atoms with Crippen LogP contribution in [0.2, 0.25) is 0 Å². The predicted molar refractivity (Wildman–Crippen MR) is 61.8 cm³/mol. The fraction of sp³-hybridized carbons (Fsp3) is 0.600. The molecule has 0 aliphatic carbocycles. The van der Waals surface area contributed by atoms with Crippen LogP contribution in [0.15, 0.2) is 10.6 Å². The molecule has 1 aromatic heterocycles. The molecule has 6 heteroatoms. The number of nitrogens with one attached hydrogen (secondary N) is 2. The topological polar surface area (TPSA) is 67.2 Å². The van der Waals surface area contributed by atoms with Crippen molar-refractivity contribution in [3.05, 3.63) is 17.5 Å². The van der Waals surface area contributed by atoms with Gasteiger partial charge in [0.15, 0.2) is 5.69 Å². The van der Waals surface area contributed by atoms with Crippen molar-refractivity contribution in [2.45, 2.75) is 13.3 Å². The van der Waals surface area contributed by atoms with Crippen LogP contribution in [0.4, 0.5) is 0 Å². The molecular weight excluding hydrogens is 230 g/mol. The lowest BCUT2D eigenvalue weighted by atomic mass is 10.1. The van der Waals surface area contributed by atoms with Crippen molar-refractivity contribution in [2.75, 3.05) is 19.6 Å². The monoisotopic (exact) mass is 245 g/mol. The highest BCUT2D eigenvalue weighted by molar-refractivity contribution is 5.92. The summed E-state index contributed by atoms with van der Waals surface area (Å²) in [6.45, 7) is 4.50. The molecule has 2 heterocycles. The Bertz CT molecular complexity index is 348. The van der Waals surface area contributed by atoms with Gasteiger partial charge in [-0.3, -0.25) is 4.79 Å². The van der Waals surface area contributed by atoms with Gasteiger partial charge in [-0.1, -0.05) is 5.16 Å². The van der Waals surface area contributed by atoms with E-state index >= 15 is 0 Å². The van der Waals surface area contributed by atoms with E-state index in [0.717, 1.165) is 19.5 Å². The van der Waals surface area contributed by atoms with E-state index in [1.165, 1.54) is 0 Å². The summed E-state index contributed by atoms with van der Waals surface area (Å²) in [5, 5.41) is 9.77. The summed E-state index contributed by atoms with van der Waals surface area (Å²) < 4.78 is 4.83. The number of rotatable bonds is 3. The van der Waals surface area contributed by atoms with Gasteiger partial charge in [0.2, 0.25) is 0 Å². The van der Waals surface area contributed by atoms with Crippen molar-refractivity contribution < 1.29 is 9.32 Å². The summed E-state index contributed by atoms with van der Waals surface area (Å²) in [7, 11) is 0. The Kier molecular flexibility index (Phi) is 4.76. The molecule has 2 rings (SSSR count). The number of carbonyl (C=O) groups is 1. The molecule has 1 amide bonds. The van der Waals surface area contributed by atoms with Gasteiger partial charge >= 0.3 is 0 Å². The molecule has 0 spiro atoms. The van der Waals surface area contributed by atoms with Crippen LogP contribution in [-0.2, 0) is 0 Å². The number of nitrogens with zero attached hydrogens (tertiary/aromatic N) is 1. The van der Waals surface area contributed by atoms with Gasteiger partial charge in [0, 0.05) is 12.6 Å². The van der Waals surface area contributed by atoms with E-state index in [1.807, 2.05) is 0 Å². The van der Waals surface area contributed by atoms with E-state index in [2.05, 4.69) is 15.8 Å². The van der Waals surface area contributed by atoms with Crippen molar-refractivity contribution in [2.24, 2.45) is 5.92 Å². The SMILES string of the molecule is Cc1cc(C(=O)NCC2CCNC2)no1.Cl. The fourth-order valence-electron chi connectivity index (χ4n) is 1.69. The molecule has 0 saturated carbocycles. The van der Waals surface area contributed by atoms with Gasteiger partial charge < -0.3 is 15.2 Å². The van der Waals surface area contributed by atoms with Crippen LogP contribution in [0.5, 0.6) is 0 Å². The van der Waals surface area contributed by atoms with E-state index in [4.69, 9.17) is 4.52 Å². The van der Waals surface area contributed by atoms with E-state index in [-0.39, 0.29) is 18.3 Å². The second-order valence-corrected chi connectivity index (χ2v) is 3.89. The fourth-order valence-corrected chi connectivity index (χ4v) is 1.69. The normalized spacial score (nSPS) is 19.2. The van der Waals surface area contributed by atoms with Gasteiger partial charge in [-0.15, -0.1) is 12.4 Å². The summed E-state index contributed by atoms with van der Waals surface area (Å²) >= 11 is 0. The molecule has 1 fully saturated rings. The number of halogens is 1. The number of aryl methyl sites for hydroxylation is 1. The zero-order chi connectivity index (χ0) is 10.7. The van der Waals surface area contributed by atoms with E-state index in [0.29, 0.717) is 23.9 Å². The third-order valence-corrected chi connectivity index (χ3v) is 2.57. The van der Waals surface area contributed by atoms with Crippen LogP contribution in [0.3, 0.4) is 0 Å². The maximum absolute atomic E-state index is 11.6. The maximum Gasteiger partial charge on any atom is 0.273 e. The largest absolute Gasteiger partial charge is 0.361 e. The summed E-state index contributed by atoms with van der Waals surface area (Å²) in [5.74, 6) is 1.04. The Morgan fingerprint density at radius 3 is 3.12 bits per heavy atom. The first-order valence-electron chi connectivity index (χ1n) is 5.18. The van der Waals surface area contributed by atoms with Crippen molar-refractivity contribution >= 4 is 18.3 Å². The first-order valence-corrected chi connectivity index (χ1v) is 5.18. The lowest BCUT2D eigenvalue weighted by molar-refractivity contribution is 0.0939. The Labute approximate surface area is 100 Å².